The smallest absolute Gasteiger partial charge is 0.314 e. The Hall–Kier alpha value is -0.950. The number of aliphatic hydroxyl groups is 1. The molecular weight excluding hydrogens is 256 g/mol. The predicted octanol–water partition coefficient (Wildman–Crippen LogP) is 0.653. The summed E-state index contributed by atoms with van der Waals surface area (Å²) in [7, 11) is 0. The molecule has 0 aliphatic carbocycles. The third-order valence-electron chi connectivity index (χ3n) is 2.39. The number of hydrogen-bond donors (Lipinski definition) is 4. The molecule has 0 radical (unpaired) electrons. The van der Waals surface area contributed by atoms with Crippen molar-refractivity contribution in [3.05, 3.63) is 0 Å². The van der Waals surface area contributed by atoms with Crippen LogP contribution in [0.5, 0.6) is 0 Å². The lowest BCUT2D eigenvalue weighted by atomic mass is 10.0. The molecule has 0 aliphatic heterocycles. The van der Waals surface area contributed by atoms with E-state index in [1.165, 1.54) is 6.92 Å². The van der Waals surface area contributed by atoms with E-state index >= 15 is 0 Å². The molecule has 2 amide bonds. The second-order valence-corrected chi connectivity index (χ2v) is 6.58. The Morgan fingerprint density at radius 3 is 2.11 bits per heavy atom. The molecule has 6 nitrogen and oxygen atoms in total. The van der Waals surface area contributed by atoms with Gasteiger partial charge < -0.3 is 20.8 Å². The highest BCUT2D eigenvalue weighted by Crippen LogP contribution is 2.19. The number of hydrogen-bond acceptors (Lipinski definition) is 4. The molecule has 1 unspecified atom stereocenters. The van der Waals surface area contributed by atoms with E-state index < -0.39 is 24.0 Å². The van der Waals surface area contributed by atoms with Crippen molar-refractivity contribution in [1.82, 2.24) is 10.6 Å². The number of nitrogens with one attached hydrogen (secondary N) is 2. The van der Waals surface area contributed by atoms with Gasteiger partial charge in [-0.2, -0.15) is 11.8 Å². The van der Waals surface area contributed by atoms with Gasteiger partial charge in [0.1, 0.15) is 0 Å². The second kappa shape index (κ2) is 6.84. The average Bonchev–Trinajstić information content (AvgIpc) is 2.22. The van der Waals surface area contributed by atoms with Crippen LogP contribution in [0.15, 0.2) is 0 Å². The van der Waals surface area contributed by atoms with Crippen molar-refractivity contribution in [1.29, 1.82) is 0 Å². The first-order chi connectivity index (χ1) is 8.08. The van der Waals surface area contributed by atoms with Crippen LogP contribution in [0.2, 0.25) is 0 Å². The molecule has 4 N–H and O–H groups in total. The zero-order valence-corrected chi connectivity index (χ0v) is 12.1. The van der Waals surface area contributed by atoms with Crippen LogP contribution in [0.25, 0.3) is 0 Å². The molecule has 0 fully saturated rings. The van der Waals surface area contributed by atoms with Crippen LogP contribution in [-0.2, 0) is 4.79 Å². The molecule has 0 rings (SSSR count). The molecule has 106 valence electrons. The Balaban J connectivity index is 4.00. The summed E-state index contributed by atoms with van der Waals surface area (Å²) >= 11 is 1.63. The summed E-state index contributed by atoms with van der Waals surface area (Å²) in [4.78, 5) is 21.9. The fraction of sp³-hybridized carbons (Fsp3) is 0.818. The molecule has 1 atom stereocenters. The van der Waals surface area contributed by atoms with Gasteiger partial charge in [0.05, 0.1) is 12.0 Å². The molecular formula is C11H22N2O4S. The minimum Gasteiger partial charge on any atom is -0.481 e. The lowest BCUT2D eigenvalue weighted by molar-refractivity contribution is -0.141. The topological polar surface area (TPSA) is 98.7 Å². The molecule has 0 saturated heterocycles. The number of urea groups is 1. The average molecular weight is 278 g/mol. The quantitative estimate of drug-likeness (QED) is 0.548. The number of carbonyl (C=O) groups excluding carboxylic acids is 1. The van der Waals surface area contributed by atoms with E-state index in [0.717, 1.165) is 0 Å². The highest BCUT2D eigenvalue weighted by Gasteiger charge is 2.25. The summed E-state index contributed by atoms with van der Waals surface area (Å²) in [5.74, 6) is -1.11. The van der Waals surface area contributed by atoms with Gasteiger partial charge in [0, 0.05) is 17.8 Å². The monoisotopic (exact) mass is 278 g/mol. The van der Waals surface area contributed by atoms with Crippen LogP contribution in [0.4, 0.5) is 4.79 Å². The highest BCUT2D eigenvalue weighted by atomic mass is 32.2. The molecule has 0 saturated carbocycles. The Bertz CT molecular complexity index is 305. The molecule has 0 aliphatic rings. The fourth-order valence-corrected chi connectivity index (χ4v) is 1.30. The minimum atomic E-state index is -1.45. The van der Waals surface area contributed by atoms with E-state index in [2.05, 4.69) is 10.6 Å². The van der Waals surface area contributed by atoms with Gasteiger partial charge in [-0.1, -0.05) is 0 Å². The van der Waals surface area contributed by atoms with Crippen molar-refractivity contribution >= 4 is 23.8 Å². The Kier molecular flexibility index (Phi) is 6.48. The Labute approximate surface area is 112 Å². The van der Waals surface area contributed by atoms with Crippen LogP contribution in [0.1, 0.15) is 27.2 Å². The van der Waals surface area contributed by atoms with Crippen molar-refractivity contribution in [2.24, 2.45) is 0 Å². The number of thioether (sulfide) groups is 1. The molecule has 0 aromatic rings. The third kappa shape index (κ3) is 8.19. The standard InChI is InChI=1S/C11H22N2O4S/c1-10(2,18-4)6-12-9(16)13-7-11(3,17)5-8(14)15/h17H,5-7H2,1-4H3,(H,14,15)(H2,12,13,16). The van der Waals surface area contributed by atoms with E-state index in [-0.39, 0.29) is 11.3 Å². The van der Waals surface area contributed by atoms with Crippen LogP contribution < -0.4 is 10.6 Å². The highest BCUT2D eigenvalue weighted by molar-refractivity contribution is 7.99. The van der Waals surface area contributed by atoms with Gasteiger partial charge >= 0.3 is 12.0 Å². The van der Waals surface area contributed by atoms with Crippen molar-refractivity contribution < 1.29 is 19.8 Å². The van der Waals surface area contributed by atoms with E-state index in [1.807, 2.05) is 20.1 Å². The van der Waals surface area contributed by atoms with Crippen LogP contribution in [0.3, 0.4) is 0 Å². The Morgan fingerprint density at radius 1 is 1.17 bits per heavy atom. The first kappa shape index (κ1) is 17.1. The van der Waals surface area contributed by atoms with E-state index in [1.54, 1.807) is 11.8 Å². The zero-order valence-electron chi connectivity index (χ0n) is 11.2. The number of carbonyl (C=O) groups is 2. The summed E-state index contributed by atoms with van der Waals surface area (Å²) in [5.41, 5.74) is -1.45. The van der Waals surface area contributed by atoms with E-state index in [4.69, 9.17) is 5.11 Å². The summed E-state index contributed by atoms with van der Waals surface area (Å²) in [6.45, 7) is 5.75. The van der Waals surface area contributed by atoms with Crippen molar-refractivity contribution in [3.63, 3.8) is 0 Å². The molecule has 0 aromatic carbocycles. The predicted molar refractivity (Wildman–Crippen MR) is 71.9 cm³/mol. The molecule has 0 spiro atoms. The summed E-state index contributed by atoms with van der Waals surface area (Å²) < 4.78 is -0.0685. The van der Waals surface area contributed by atoms with Crippen LogP contribution in [0, 0.1) is 0 Å². The van der Waals surface area contributed by atoms with Crippen LogP contribution >= 0.6 is 11.8 Å². The summed E-state index contributed by atoms with van der Waals surface area (Å²) in [5, 5.41) is 23.4. The van der Waals surface area contributed by atoms with Gasteiger partial charge in [0.15, 0.2) is 0 Å². The number of amides is 2. The number of carboxylic acid groups (broad SMARTS) is 1. The first-order valence-corrected chi connectivity index (χ1v) is 6.81. The molecule has 0 aromatic heterocycles. The fourth-order valence-electron chi connectivity index (χ4n) is 1.09. The van der Waals surface area contributed by atoms with Gasteiger partial charge in [-0.05, 0) is 27.0 Å². The molecule has 7 heteroatoms. The molecule has 0 heterocycles. The Morgan fingerprint density at radius 2 is 1.67 bits per heavy atom. The lowest BCUT2D eigenvalue weighted by Gasteiger charge is -2.24. The lowest BCUT2D eigenvalue weighted by Crippen LogP contribution is -2.48. The van der Waals surface area contributed by atoms with Crippen molar-refractivity contribution in [2.75, 3.05) is 19.3 Å². The summed E-state index contributed by atoms with van der Waals surface area (Å²) in [6.07, 6.45) is 1.54. The largest absolute Gasteiger partial charge is 0.481 e. The second-order valence-electron chi connectivity index (χ2n) is 5.07. The van der Waals surface area contributed by atoms with Gasteiger partial charge in [-0.25, -0.2) is 4.79 Å². The van der Waals surface area contributed by atoms with Gasteiger partial charge in [-0.3, -0.25) is 4.79 Å². The van der Waals surface area contributed by atoms with E-state index in [9.17, 15) is 14.7 Å². The third-order valence-corrected chi connectivity index (χ3v) is 3.64. The maximum atomic E-state index is 11.4. The number of aliphatic carboxylic acids is 1. The first-order valence-electron chi connectivity index (χ1n) is 5.59. The minimum absolute atomic E-state index is 0.0685. The maximum absolute atomic E-state index is 11.4. The summed E-state index contributed by atoms with van der Waals surface area (Å²) in [6, 6.07) is -0.414. The van der Waals surface area contributed by atoms with Crippen LogP contribution in [-0.4, -0.2) is 51.9 Å². The molecule has 0 bridgehead atoms. The van der Waals surface area contributed by atoms with Gasteiger partial charge in [-0.15, -0.1) is 0 Å². The van der Waals surface area contributed by atoms with Crippen molar-refractivity contribution in [2.45, 2.75) is 37.5 Å². The molecule has 18 heavy (non-hydrogen) atoms. The van der Waals surface area contributed by atoms with Gasteiger partial charge in [0.2, 0.25) is 0 Å². The zero-order chi connectivity index (χ0) is 14.4. The van der Waals surface area contributed by atoms with Crippen molar-refractivity contribution in [3.8, 4) is 0 Å². The van der Waals surface area contributed by atoms with Gasteiger partial charge in [0.25, 0.3) is 0 Å². The SMILES string of the molecule is CSC(C)(C)CNC(=O)NCC(C)(O)CC(=O)O. The maximum Gasteiger partial charge on any atom is 0.314 e. The number of carboxylic acids is 1. The number of rotatable bonds is 7. The van der Waals surface area contributed by atoms with E-state index in [0.29, 0.717) is 6.54 Å². The normalized spacial score (nSPS) is 14.7.